The summed E-state index contributed by atoms with van der Waals surface area (Å²) in [5.74, 6) is -0.606. The molecule has 1 heterocycles. The topological polar surface area (TPSA) is 84.2 Å². The molecule has 0 aliphatic heterocycles. The van der Waals surface area contributed by atoms with Gasteiger partial charge in [-0.15, -0.1) is 10.2 Å². The van der Waals surface area contributed by atoms with Gasteiger partial charge < -0.3 is 9.80 Å². The summed E-state index contributed by atoms with van der Waals surface area (Å²) >= 11 is 0. The number of hydrogen-bond donors (Lipinski definition) is 0. The van der Waals surface area contributed by atoms with Gasteiger partial charge in [0.05, 0.1) is 6.54 Å². The fourth-order valence-electron chi connectivity index (χ4n) is 2.26. The number of carbonyl (C=O) groups excluding carboxylic acids is 2. The van der Waals surface area contributed by atoms with E-state index in [0.717, 1.165) is 4.80 Å². The van der Waals surface area contributed by atoms with Gasteiger partial charge in [-0.25, -0.2) is 4.39 Å². The average molecular weight is 348 g/mol. The molecule has 0 aliphatic rings. The van der Waals surface area contributed by atoms with E-state index in [4.69, 9.17) is 0 Å². The Hall–Kier alpha value is -2.84. The average Bonchev–Trinajstić information content (AvgIpc) is 3.04. The first-order chi connectivity index (χ1) is 11.9. The lowest BCUT2D eigenvalue weighted by Crippen LogP contribution is -2.42. The van der Waals surface area contributed by atoms with Crippen LogP contribution in [-0.4, -0.2) is 68.5 Å². The summed E-state index contributed by atoms with van der Waals surface area (Å²) < 4.78 is 13.2. The van der Waals surface area contributed by atoms with Crippen molar-refractivity contribution in [3.63, 3.8) is 0 Å². The van der Waals surface area contributed by atoms with E-state index in [2.05, 4.69) is 15.4 Å². The third kappa shape index (κ3) is 4.82. The van der Waals surface area contributed by atoms with Gasteiger partial charge in [0.15, 0.2) is 0 Å². The molecule has 0 saturated carbocycles. The maximum atomic E-state index is 13.2. The summed E-state index contributed by atoms with van der Waals surface area (Å²) in [4.78, 5) is 28.4. The molecule has 0 radical (unpaired) electrons. The highest BCUT2D eigenvalue weighted by molar-refractivity contribution is 5.84. The molecule has 2 amide bonds. The highest BCUT2D eigenvalue weighted by atomic mass is 19.1. The van der Waals surface area contributed by atoms with Gasteiger partial charge in [0.2, 0.25) is 17.6 Å². The van der Waals surface area contributed by atoms with Gasteiger partial charge in [-0.1, -0.05) is 12.1 Å². The fourth-order valence-corrected chi connectivity index (χ4v) is 2.26. The Labute approximate surface area is 145 Å². The zero-order valence-electron chi connectivity index (χ0n) is 14.5. The van der Waals surface area contributed by atoms with Crippen LogP contribution in [-0.2, 0) is 16.1 Å². The molecule has 0 spiro atoms. The lowest BCUT2D eigenvalue weighted by molar-refractivity contribution is -0.139. The summed E-state index contributed by atoms with van der Waals surface area (Å²) in [7, 11) is 1.55. The van der Waals surface area contributed by atoms with Crippen molar-refractivity contribution in [1.82, 2.24) is 30.0 Å². The molecule has 134 valence electrons. The maximum absolute atomic E-state index is 13.2. The molecule has 0 aliphatic carbocycles. The minimum atomic E-state index is -0.403. The van der Waals surface area contributed by atoms with Crippen molar-refractivity contribution in [2.24, 2.45) is 0 Å². The van der Waals surface area contributed by atoms with E-state index in [1.165, 1.54) is 17.0 Å². The second-order valence-electron chi connectivity index (χ2n) is 5.47. The van der Waals surface area contributed by atoms with Crippen LogP contribution in [0, 0.1) is 5.82 Å². The fraction of sp³-hybridized carbons (Fsp3) is 0.438. The second-order valence-corrected chi connectivity index (χ2v) is 5.47. The van der Waals surface area contributed by atoms with Crippen molar-refractivity contribution in [3.05, 3.63) is 30.1 Å². The first-order valence-corrected chi connectivity index (χ1v) is 8.00. The molecule has 1 aromatic heterocycles. The van der Waals surface area contributed by atoms with Crippen molar-refractivity contribution >= 4 is 11.8 Å². The van der Waals surface area contributed by atoms with E-state index in [1.807, 2.05) is 13.8 Å². The van der Waals surface area contributed by atoms with Crippen LogP contribution in [0.3, 0.4) is 0 Å². The maximum Gasteiger partial charge on any atom is 0.246 e. The minimum Gasteiger partial charge on any atom is -0.342 e. The van der Waals surface area contributed by atoms with E-state index in [0.29, 0.717) is 18.7 Å². The zero-order valence-corrected chi connectivity index (χ0v) is 14.5. The summed E-state index contributed by atoms with van der Waals surface area (Å²) in [6.07, 6.45) is 0. The van der Waals surface area contributed by atoms with Crippen LogP contribution >= 0.6 is 0 Å². The summed E-state index contributed by atoms with van der Waals surface area (Å²) in [6.45, 7) is 4.81. The van der Waals surface area contributed by atoms with E-state index < -0.39 is 5.82 Å². The number of halogens is 1. The van der Waals surface area contributed by atoms with E-state index in [-0.39, 0.29) is 30.7 Å². The normalized spacial score (nSPS) is 10.6. The Morgan fingerprint density at radius 2 is 1.92 bits per heavy atom. The molecule has 1 aromatic carbocycles. The first kappa shape index (κ1) is 18.5. The quantitative estimate of drug-likeness (QED) is 0.739. The molecular formula is C16H21FN6O2. The molecule has 0 N–H and O–H groups in total. The highest BCUT2D eigenvalue weighted by Crippen LogP contribution is 2.14. The predicted octanol–water partition coefficient (Wildman–Crippen LogP) is 0.806. The van der Waals surface area contributed by atoms with Gasteiger partial charge in [-0.3, -0.25) is 9.59 Å². The van der Waals surface area contributed by atoms with Crippen LogP contribution in [0.1, 0.15) is 13.8 Å². The lowest BCUT2D eigenvalue weighted by Gasteiger charge is -2.22. The summed E-state index contributed by atoms with van der Waals surface area (Å²) in [5, 5.41) is 11.7. The van der Waals surface area contributed by atoms with Crippen molar-refractivity contribution in [3.8, 4) is 11.4 Å². The third-order valence-corrected chi connectivity index (χ3v) is 3.73. The molecule has 0 unspecified atom stereocenters. The number of aromatic nitrogens is 4. The Morgan fingerprint density at radius 3 is 2.56 bits per heavy atom. The number of benzene rings is 1. The van der Waals surface area contributed by atoms with Crippen LogP contribution in [0.2, 0.25) is 0 Å². The molecule has 8 nitrogen and oxygen atoms in total. The molecule has 0 saturated heterocycles. The van der Waals surface area contributed by atoms with E-state index in [9.17, 15) is 14.0 Å². The number of tetrazole rings is 1. The number of likely N-dealkylation sites (N-methyl/N-ethyl adjacent to an activating group) is 2. The Bertz CT molecular complexity index is 744. The van der Waals surface area contributed by atoms with Crippen LogP contribution in [0.15, 0.2) is 24.3 Å². The highest BCUT2D eigenvalue weighted by Gasteiger charge is 2.18. The van der Waals surface area contributed by atoms with Crippen LogP contribution in [0.25, 0.3) is 11.4 Å². The third-order valence-electron chi connectivity index (χ3n) is 3.73. The molecule has 2 rings (SSSR count). The number of amides is 2. The Balaban J connectivity index is 1.98. The van der Waals surface area contributed by atoms with Gasteiger partial charge >= 0.3 is 0 Å². The van der Waals surface area contributed by atoms with Crippen molar-refractivity contribution in [2.75, 3.05) is 26.7 Å². The largest absolute Gasteiger partial charge is 0.342 e. The first-order valence-electron chi connectivity index (χ1n) is 8.00. The zero-order chi connectivity index (χ0) is 18.4. The molecular weight excluding hydrogens is 327 g/mol. The standard InChI is InChI=1S/C16H21FN6O2/c1-4-22(5-2)15(25)10-21(3)14(24)11-23-19-16(18-20-23)12-7-6-8-13(17)9-12/h6-9H,4-5,10-11H2,1-3H3. The molecule has 9 heteroatoms. The van der Waals surface area contributed by atoms with Gasteiger partial charge in [0.25, 0.3) is 0 Å². The van der Waals surface area contributed by atoms with Crippen LogP contribution < -0.4 is 0 Å². The van der Waals surface area contributed by atoms with Gasteiger partial charge in [0.1, 0.15) is 12.4 Å². The number of hydrogen-bond acceptors (Lipinski definition) is 5. The second kappa shape index (κ2) is 8.32. The number of nitrogens with zero attached hydrogens (tertiary/aromatic N) is 6. The number of rotatable bonds is 7. The Morgan fingerprint density at radius 1 is 1.20 bits per heavy atom. The van der Waals surface area contributed by atoms with E-state index in [1.54, 1.807) is 24.1 Å². The SMILES string of the molecule is CCN(CC)C(=O)CN(C)C(=O)Cn1nnc(-c2cccc(F)c2)n1. The summed E-state index contributed by atoms with van der Waals surface area (Å²) in [6, 6.07) is 5.81. The van der Waals surface area contributed by atoms with Crippen molar-refractivity contribution in [2.45, 2.75) is 20.4 Å². The molecule has 2 aromatic rings. The van der Waals surface area contributed by atoms with Gasteiger partial charge in [0, 0.05) is 25.7 Å². The number of carbonyl (C=O) groups is 2. The predicted molar refractivity (Wildman–Crippen MR) is 88.8 cm³/mol. The van der Waals surface area contributed by atoms with Crippen LogP contribution in [0.4, 0.5) is 4.39 Å². The van der Waals surface area contributed by atoms with E-state index >= 15 is 0 Å². The Kier molecular flexibility index (Phi) is 6.15. The minimum absolute atomic E-state index is 0.00797. The molecule has 25 heavy (non-hydrogen) atoms. The smallest absolute Gasteiger partial charge is 0.246 e. The monoisotopic (exact) mass is 348 g/mol. The van der Waals surface area contributed by atoms with Crippen LogP contribution in [0.5, 0.6) is 0 Å². The molecule has 0 bridgehead atoms. The van der Waals surface area contributed by atoms with Crippen molar-refractivity contribution in [1.29, 1.82) is 0 Å². The van der Waals surface area contributed by atoms with Gasteiger partial charge in [-0.05, 0) is 31.2 Å². The molecule has 0 fully saturated rings. The van der Waals surface area contributed by atoms with Crippen molar-refractivity contribution < 1.29 is 14.0 Å². The molecule has 0 atom stereocenters. The van der Waals surface area contributed by atoms with Gasteiger partial charge in [-0.2, -0.15) is 4.80 Å². The summed E-state index contributed by atoms with van der Waals surface area (Å²) in [5.41, 5.74) is 0.476. The lowest BCUT2D eigenvalue weighted by atomic mass is 10.2.